The Bertz CT molecular complexity index is 390. The van der Waals surface area contributed by atoms with Crippen LogP contribution in [0, 0.1) is 5.82 Å². The Morgan fingerprint density at radius 3 is 2.56 bits per heavy atom. The maximum absolute atomic E-state index is 14.1. The third-order valence-electron chi connectivity index (χ3n) is 3.27. The minimum absolute atomic E-state index is 0.192. The summed E-state index contributed by atoms with van der Waals surface area (Å²) in [6.07, 6.45) is 0.893. The Balaban J connectivity index is 2.90. The van der Waals surface area contributed by atoms with Crippen LogP contribution in [0.3, 0.4) is 0 Å². The molecule has 1 aromatic carbocycles. The third-order valence-corrected chi connectivity index (χ3v) is 3.27. The molecule has 0 fully saturated rings. The zero-order valence-corrected chi connectivity index (χ0v) is 12.0. The van der Waals surface area contributed by atoms with Crippen molar-refractivity contribution in [3.05, 3.63) is 29.6 Å². The SMILES string of the molecule is CCNC(C)CC(C)(C)c1ccc(OC)cc1F. The molecular formula is C15H24FNO. The Morgan fingerprint density at radius 2 is 2.06 bits per heavy atom. The second-order valence-electron chi connectivity index (χ2n) is 5.39. The zero-order valence-electron chi connectivity index (χ0n) is 12.0. The summed E-state index contributed by atoms with van der Waals surface area (Å²) in [6.45, 7) is 9.30. The Hall–Kier alpha value is -1.09. The maximum Gasteiger partial charge on any atom is 0.130 e. The number of nitrogens with one attached hydrogen (secondary N) is 1. The highest BCUT2D eigenvalue weighted by Gasteiger charge is 2.26. The van der Waals surface area contributed by atoms with Gasteiger partial charge in [-0.25, -0.2) is 4.39 Å². The molecule has 0 aliphatic heterocycles. The Labute approximate surface area is 110 Å². The molecule has 1 N–H and O–H groups in total. The molecule has 0 saturated heterocycles. The van der Waals surface area contributed by atoms with Crippen LogP contribution >= 0.6 is 0 Å². The van der Waals surface area contributed by atoms with E-state index in [1.165, 1.54) is 6.07 Å². The fourth-order valence-electron chi connectivity index (χ4n) is 2.47. The molecule has 1 atom stereocenters. The van der Waals surface area contributed by atoms with Crippen molar-refractivity contribution in [2.75, 3.05) is 13.7 Å². The van der Waals surface area contributed by atoms with Crippen LogP contribution in [-0.4, -0.2) is 19.7 Å². The van der Waals surface area contributed by atoms with Crippen LogP contribution in [0.15, 0.2) is 18.2 Å². The van der Waals surface area contributed by atoms with E-state index in [0.29, 0.717) is 11.8 Å². The van der Waals surface area contributed by atoms with E-state index in [0.717, 1.165) is 18.5 Å². The smallest absolute Gasteiger partial charge is 0.130 e. The van der Waals surface area contributed by atoms with E-state index in [9.17, 15) is 4.39 Å². The van der Waals surface area contributed by atoms with Crippen molar-refractivity contribution < 1.29 is 9.13 Å². The van der Waals surface area contributed by atoms with Crippen LogP contribution in [0.2, 0.25) is 0 Å². The molecule has 0 amide bonds. The fraction of sp³-hybridized carbons (Fsp3) is 0.600. The molecule has 0 saturated carbocycles. The van der Waals surface area contributed by atoms with Crippen LogP contribution < -0.4 is 10.1 Å². The van der Waals surface area contributed by atoms with Crippen LogP contribution in [-0.2, 0) is 5.41 Å². The summed E-state index contributed by atoms with van der Waals surface area (Å²) in [6, 6.07) is 5.46. The molecule has 0 aliphatic carbocycles. The van der Waals surface area contributed by atoms with Gasteiger partial charge in [-0.1, -0.05) is 26.8 Å². The van der Waals surface area contributed by atoms with Gasteiger partial charge in [-0.2, -0.15) is 0 Å². The largest absolute Gasteiger partial charge is 0.497 e. The summed E-state index contributed by atoms with van der Waals surface area (Å²) in [5, 5.41) is 3.37. The highest BCUT2D eigenvalue weighted by atomic mass is 19.1. The molecule has 0 radical (unpaired) electrons. The van der Waals surface area contributed by atoms with E-state index in [1.54, 1.807) is 7.11 Å². The molecule has 0 bridgehead atoms. The van der Waals surface area contributed by atoms with Gasteiger partial charge in [0, 0.05) is 12.1 Å². The van der Waals surface area contributed by atoms with Gasteiger partial charge in [0.2, 0.25) is 0 Å². The monoisotopic (exact) mass is 253 g/mol. The predicted molar refractivity (Wildman–Crippen MR) is 73.7 cm³/mol. The highest BCUT2D eigenvalue weighted by Crippen LogP contribution is 2.32. The van der Waals surface area contributed by atoms with Crippen LogP contribution in [0.4, 0.5) is 4.39 Å². The summed E-state index contributed by atoms with van der Waals surface area (Å²) in [7, 11) is 1.55. The van der Waals surface area contributed by atoms with Gasteiger partial charge in [-0.3, -0.25) is 0 Å². The zero-order chi connectivity index (χ0) is 13.8. The first kappa shape index (κ1) is 15.0. The maximum atomic E-state index is 14.1. The second kappa shape index (κ2) is 6.19. The predicted octanol–water partition coefficient (Wildman–Crippen LogP) is 3.50. The molecule has 0 aromatic heterocycles. The van der Waals surface area contributed by atoms with Gasteiger partial charge in [0.25, 0.3) is 0 Å². The van der Waals surface area contributed by atoms with E-state index >= 15 is 0 Å². The third kappa shape index (κ3) is 3.70. The average molecular weight is 253 g/mol. The minimum Gasteiger partial charge on any atom is -0.497 e. The summed E-state index contributed by atoms with van der Waals surface area (Å²) in [5.74, 6) is 0.370. The minimum atomic E-state index is -0.196. The molecule has 102 valence electrons. The fourth-order valence-corrected chi connectivity index (χ4v) is 2.47. The van der Waals surface area contributed by atoms with Crippen molar-refractivity contribution >= 4 is 0 Å². The molecule has 3 heteroatoms. The van der Waals surface area contributed by atoms with E-state index < -0.39 is 0 Å². The van der Waals surface area contributed by atoms with Crippen LogP contribution in [0.5, 0.6) is 5.75 Å². The van der Waals surface area contributed by atoms with E-state index in [-0.39, 0.29) is 11.2 Å². The Morgan fingerprint density at radius 1 is 1.39 bits per heavy atom. The van der Waals surface area contributed by atoms with Crippen molar-refractivity contribution in [2.45, 2.75) is 45.6 Å². The molecule has 1 rings (SSSR count). The molecule has 1 aromatic rings. The van der Waals surface area contributed by atoms with Gasteiger partial charge >= 0.3 is 0 Å². The van der Waals surface area contributed by atoms with E-state index in [4.69, 9.17) is 4.74 Å². The normalized spacial score (nSPS) is 13.4. The van der Waals surface area contributed by atoms with Crippen LogP contribution in [0.1, 0.15) is 39.7 Å². The lowest BCUT2D eigenvalue weighted by molar-refractivity contribution is 0.377. The Kier molecular flexibility index (Phi) is 5.15. The molecule has 0 aliphatic rings. The lowest BCUT2D eigenvalue weighted by Gasteiger charge is -2.29. The first-order chi connectivity index (χ1) is 8.40. The van der Waals surface area contributed by atoms with Crippen molar-refractivity contribution in [1.82, 2.24) is 5.32 Å². The molecule has 0 spiro atoms. The first-order valence-electron chi connectivity index (χ1n) is 6.48. The van der Waals surface area contributed by atoms with Crippen molar-refractivity contribution in [2.24, 2.45) is 0 Å². The van der Waals surface area contributed by atoms with E-state index in [1.807, 2.05) is 12.1 Å². The van der Waals surface area contributed by atoms with Crippen molar-refractivity contribution in [3.63, 3.8) is 0 Å². The first-order valence-corrected chi connectivity index (χ1v) is 6.48. The highest BCUT2D eigenvalue weighted by molar-refractivity contribution is 5.33. The summed E-state index contributed by atoms with van der Waals surface area (Å²) in [5.41, 5.74) is 0.547. The number of hydrogen-bond acceptors (Lipinski definition) is 2. The number of halogens is 1. The van der Waals surface area contributed by atoms with Crippen LogP contribution in [0.25, 0.3) is 0 Å². The summed E-state index contributed by atoms with van der Waals surface area (Å²) in [4.78, 5) is 0. The molecular weight excluding hydrogens is 229 g/mol. The molecule has 1 unspecified atom stereocenters. The quantitative estimate of drug-likeness (QED) is 0.837. The average Bonchev–Trinajstić information content (AvgIpc) is 2.27. The topological polar surface area (TPSA) is 21.3 Å². The lowest BCUT2D eigenvalue weighted by Crippen LogP contribution is -2.33. The lowest BCUT2D eigenvalue weighted by atomic mass is 9.79. The molecule has 0 heterocycles. The van der Waals surface area contributed by atoms with Crippen molar-refractivity contribution in [1.29, 1.82) is 0 Å². The summed E-state index contributed by atoms with van der Waals surface area (Å²) < 4.78 is 19.1. The van der Waals surface area contributed by atoms with Crippen molar-refractivity contribution in [3.8, 4) is 5.75 Å². The van der Waals surface area contributed by atoms with Gasteiger partial charge in [0.15, 0.2) is 0 Å². The number of hydrogen-bond donors (Lipinski definition) is 1. The number of benzene rings is 1. The molecule has 18 heavy (non-hydrogen) atoms. The van der Waals surface area contributed by atoms with Gasteiger partial charge in [-0.05, 0) is 36.9 Å². The van der Waals surface area contributed by atoms with Gasteiger partial charge in [-0.15, -0.1) is 0 Å². The van der Waals surface area contributed by atoms with Gasteiger partial charge in [0.1, 0.15) is 11.6 Å². The standard InChI is InChI=1S/C15H24FNO/c1-6-17-11(2)10-15(3,4)13-8-7-12(18-5)9-14(13)16/h7-9,11,17H,6,10H2,1-5H3. The number of methoxy groups -OCH3 is 1. The van der Waals surface area contributed by atoms with E-state index in [2.05, 4.69) is 33.0 Å². The van der Waals surface area contributed by atoms with Gasteiger partial charge in [0.05, 0.1) is 7.11 Å². The second-order valence-corrected chi connectivity index (χ2v) is 5.39. The molecule has 2 nitrogen and oxygen atoms in total. The van der Waals surface area contributed by atoms with Gasteiger partial charge < -0.3 is 10.1 Å². The number of ether oxygens (including phenoxy) is 1. The number of rotatable bonds is 6. The summed E-state index contributed by atoms with van der Waals surface area (Å²) >= 11 is 0.